The number of benzene rings is 1. The van der Waals surface area contributed by atoms with Crippen LogP contribution in [-0.4, -0.2) is 59.7 Å². The van der Waals surface area contributed by atoms with Gasteiger partial charge in [0.05, 0.1) is 5.69 Å². The minimum Gasteiger partial charge on any atom is -0.415 e. The van der Waals surface area contributed by atoms with Crippen molar-refractivity contribution in [2.45, 2.75) is 31.9 Å². The molecule has 33 heavy (non-hydrogen) atoms. The molecule has 10 heteroatoms. The van der Waals surface area contributed by atoms with Crippen LogP contribution in [0.5, 0.6) is 0 Å². The predicted octanol–water partition coefficient (Wildman–Crippen LogP) is 3.76. The number of pyridine rings is 1. The molecule has 0 bridgehead atoms. The zero-order chi connectivity index (χ0) is 23.4. The van der Waals surface area contributed by atoms with Crippen LogP contribution in [-0.2, 0) is 11.3 Å². The van der Waals surface area contributed by atoms with Gasteiger partial charge in [0.1, 0.15) is 0 Å². The second-order valence-corrected chi connectivity index (χ2v) is 8.19. The van der Waals surface area contributed by atoms with Gasteiger partial charge in [-0.3, -0.25) is 4.79 Å². The van der Waals surface area contributed by atoms with E-state index in [2.05, 4.69) is 27.1 Å². The van der Waals surface area contributed by atoms with E-state index in [1.165, 1.54) is 0 Å². The van der Waals surface area contributed by atoms with E-state index in [4.69, 9.17) is 4.42 Å². The largest absolute Gasteiger partial charge is 0.415 e. The van der Waals surface area contributed by atoms with Crippen LogP contribution < -0.4 is 9.80 Å². The molecule has 174 valence electrons. The second-order valence-electron chi connectivity index (χ2n) is 8.19. The molecule has 0 spiro atoms. The summed E-state index contributed by atoms with van der Waals surface area (Å²) in [5, 5.41) is 7.04. The Balaban J connectivity index is 1.49. The van der Waals surface area contributed by atoms with Gasteiger partial charge in [-0.2, -0.15) is 8.78 Å². The average Bonchev–Trinajstić information content (AvgIpc) is 3.32. The fraction of sp³-hybridized carbons (Fsp3) is 0.391. The summed E-state index contributed by atoms with van der Waals surface area (Å²) in [7, 11) is 4.01. The van der Waals surface area contributed by atoms with E-state index in [1.54, 1.807) is 23.2 Å². The van der Waals surface area contributed by atoms with Crippen molar-refractivity contribution in [3.05, 3.63) is 54.0 Å². The quantitative estimate of drug-likeness (QED) is 0.478. The monoisotopic (exact) mass is 456 g/mol. The Labute approximate surface area is 190 Å². The molecule has 1 aromatic carbocycles. The molecule has 1 amide bonds. The first kappa shape index (κ1) is 22.8. The number of likely N-dealkylation sites (tertiary alicyclic amines) is 1. The Morgan fingerprint density at radius 2 is 1.91 bits per heavy atom. The van der Waals surface area contributed by atoms with E-state index >= 15 is 0 Å². The number of nitrogens with zero attached hydrogens (tertiary/aromatic N) is 6. The number of carbonyl (C=O) groups is 1. The number of rotatable bonds is 8. The summed E-state index contributed by atoms with van der Waals surface area (Å²) in [5.74, 6) is 0.0730. The van der Waals surface area contributed by atoms with E-state index in [1.807, 2.05) is 36.2 Å². The van der Waals surface area contributed by atoms with Crippen LogP contribution in [0.4, 0.5) is 20.3 Å². The van der Waals surface area contributed by atoms with Crippen molar-refractivity contribution in [3.63, 3.8) is 0 Å². The van der Waals surface area contributed by atoms with Gasteiger partial charge in [0.2, 0.25) is 12.3 Å². The third-order valence-electron chi connectivity index (χ3n) is 5.85. The third kappa shape index (κ3) is 5.16. The first-order valence-electron chi connectivity index (χ1n) is 10.8. The molecule has 3 aromatic rings. The SMILES string of the molecule is CN1CCC(N(C=O)c2cccnc2N(C)Cc2ccc(-c3nnc(C(F)F)o3)cc2)CC1. The summed E-state index contributed by atoms with van der Waals surface area (Å²) >= 11 is 0. The molecule has 1 fully saturated rings. The van der Waals surface area contributed by atoms with Crippen LogP contribution in [0, 0.1) is 0 Å². The van der Waals surface area contributed by atoms with Gasteiger partial charge in [-0.25, -0.2) is 4.98 Å². The summed E-state index contributed by atoms with van der Waals surface area (Å²) in [5.41, 5.74) is 2.32. The maximum absolute atomic E-state index is 12.7. The summed E-state index contributed by atoms with van der Waals surface area (Å²) in [6.07, 6.45) is 1.64. The first-order chi connectivity index (χ1) is 16.0. The number of anilines is 2. The lowest BCUT2D eigenvalue weighted by atomic mass is 10.0. The second kappa shape index (κ2) is 10.0. The zero-order valence-corrected chi connectivity index (χ0v) is 18.6. The van der Waals surface area contributed by atoms with Gasteiger partial charge in [-0.15, -0.1) is 10.2 Å². The van der Waals surface area contributed by atoms with E-state index in [9.17, 15) is 13.6 Å². The summed E-state index contributed by atoms with van der Waals surface area (Å²) < 4.78 is 30.4. The number of hydrogen-bond acceptors (Lipinski definition) is 7. The number of aromatic nitrogens is 3. The molecule has 4 rings (SSSR count). The molecule has 1 aliphatic heterocycles. The number of piperidine rings is 1. The Hall–Kier alpha value is -3.40. The fourth-order valence-electron chi connectivity index (χ4n) is 4.04. The predicted molar refractivity (Wildman–Crippen MR) is 120 cm³/mol. The van der Waals surface area contributed by atoms with Gasteiger partial charge in [0.15, 0.2) is 5.82 Å². The highest BCUT2D eigenvalue weighted by atomic mass is 19.3. The smallest absolute Gasteiger partial charge is 0.314 e. The molecular weight excluding hydrogens is 430 g/mol. The van der Waals surface area contributed by atoms with Gasteiger partial charge >= 0.3 is 6.43 Å². The highest BCUT2D eigenvalue weighted by Crippen LogP contribution is 2.31. The highest BCUT2D eigenvalue weighted by Gasteiger charge is 2.26. The Kier molecular flexibility index (Phi) is 6.93. The molecular formula is C23H26F2N6O2. The minimum atomic E-state index is -2.80. The van der Waals surface area contributed by atoms with Crippen molar-refractivity contribution in [2.75, 3.05) is 37.0 Å². The molecule has 0 saturated carbocycles. The molecule has 8 nitrogen and oxygen atoms in total. The molecule has 3 heterocycles. The Bertz CT molecular complexity index is 1070. The van der Waals surface area contributed by atoms with E-state index in [-0.39, 0.29) is 11.9 Å². The standard InChI is InChI=1S/C23H26F2N6O2/c1-29-12-9-18(10-13-29)31(15-32)19-4-3-11-26-21(19)30(2)14-16-5-7-17(8-6-16)22-27-28-23(33-22)20(24)25/h3-8,11,15,18,20H,9-10,12-14H2,1-2H3. The lowest BCUT2D eigenvalue weighted by Gasteiger charge is -2.36. The Morgan fingerprint density at radius 1 is 1.18 bits per heavy atom. The van der Waals surface area contributed by atoms with E-state index < -0.39 is 12.3 Å². The lowest BCUT2D eigenvalue weighted by molar-refractivity contribution is -0.108. The molecule has 0 atom stereocenters. The Morgan fingerprint density at radius 3 is 2.55 bits per heavy atom. The summed E-state index contributed by atoms with van der Waals surface area (Å²) in [6, 6.07) is 11.1. The number of amides is 1. The van der Waals surface area contributed by atoms with Crippen molar-refractivity contribution in [1.82, 2.24) is 20.1 Å². The number of carbonyl (C=O) groups excluding carboxylic acids is 1. The molecule has 2 aromatic heterocycles. The molecule has 1 saturated heterocycles. The topological polar surface area (TPSA) is 78.6 Å². The summed E-state index contributed by atoms with van der Waals surface area (Å²) in [4.78, 5) is 22.6. The van der Waals surface area contributed by atoms with Gasteiger partial charge in [0.25, 0.3) is 5.89 Å². The third-order valence-corrected chi connectivity index (χ3v) is 5.85. The van der Waals surface area contributed by atoms with Crippen LogP contribution in [0.2, 0.25) is 0 Å². The lowest BCUT2D eigenvalue weighted by Crippen LogP contribution is -2.43. The number of halogens is 2. The normalized spacial score (nSPS) is 15.1. The first-order valence-corrected chi connectivity index (χ1v) is 10.8. The number of alkyl halides is 2. The zero-order valence-electron chi connectivity index (χ0n) is 18.6. The van der Waals surface area contributed by atoms with Crippen molar-refractivity contribution in [3.8, 4) is 11.5 Å². The van der Waals surface area contributed by atoms with Gasteiger partial charge < -0.3 is 19.1 Å². The van der Waals surface area contributed by atoms with Crippen LogP contribution in [0.25, 0.3) is 11.5 Å². The van der Waals surface area contributed by atoms with Gasteiger partial charge in [0, 0.05) is 31.4 Å². The van der Waals surface area contributed by atoms with Crippen molar-refractivity contribution < 1.29 is 18.0 Å². The number of hydrogen-bond donors (Lipinski definition) is 0. The minimum absolute atomic E-state index is 0.0527. The van der Waals surface area contributed by atoms with Crippen molar-refractivity contribution >= 4 is 17.9 Å². The molecule has 0 radical (unpaired) electrons. The average molecular weight is 456 g/mol. The molecule has 0 aliphatic carbocycles. The van der Waals surface area contributed by atoms with E-state index in [0.717, 1.165) is 43.6 Å². The van der Waals surface area contributed by atoms with Gasteiger partial charge in [-0.05, 0) is 62.8 Å². The summed E-state index contributed by atoms with van der Waals surface area (Å²) in [6.45, 7) is 2.44. The molecule has 1 aliphatic rings. The van der Waals surface area contributed by atoms with Gasteiger partial charge in [-0.1, -0.05) is 12.1 Å². The van der Waals surface area contributed by atoms with Crippen LogP contribution in [0.15, 0.2) is 47.0 Å². The maximum Gasteiger partial charge on any atom is 0.314 e. The van der Waals surface area contributed by atoms with Crippen LogP contribution in [0.1, 0.15) is 30.7 Å². The molecule has 0 unspecified atom stereocenters. The fourth-order valence-corrected chi connectivity index (χ4v) is 4.04. The molecule has 0 N–H and O–H groups in total. The van der Waals surface area contributed by atoms with E-state index in [0.29, 0.717) is 17.9 Å². The van der Waals surface area contributed by atoms with Crippen LogP contribution >= 0.6 is 0 Å². The van der Waals surface area contributed by atoms with Crippen LogP contribution in [0.3, 0.4) is 0 Å². The van der Waals surface area contributed by atoms with Crippen molar-refractivity contribution in [2.24, 2.45) is 0 Å². The van der Waals surface area contributed by atoms with Crippen molar-refractivity contribution in [1.29, 1.82) is 0 Å². The maximum atomic E-state index is 12.7. The highest BCUT2D eigenvalue weighted by molar-refractivity contribution is 5.82.